The molecule has 1 N–H and O–H groups in total. The van der Waals surface area contributed by atoms with Crippen molar-refractivity contribution in [1.82, 2.24) is 9.97 Å². The molecule has 1 fully saturated rings. The topological polar surface area (TPSA) is 67.3 Å². The summed E-state index contributed by atoms with van der Waals surface area (Å²) in [6.45, 7) is 3.96. The van der Waals surface area contributed by atoms with Gasteiger partial charge in [0.2, 0.25) is 5.91 Å². The summed E-state index contributed by atoms with van der Waals surface area (Å²) in [6, 6.07) is 8.22. The van der Waals surface area contributed by atoms with Crippen LogP contribution in [-0.2, 0) is 10.2 Å². The van der Waals surface area contributed by atoms with Gasteiger partial charge < -0.3 is 10.1 Å². The lowest BCUT2D eigenvalue weighted by atomic mass is 9.84. The number of anilines is 2. The van der Waals surface area contributed by atoms with E-state index in [4.69, 9.17) is 4.74 Å². The second-order valence-electron chi connectivity index (χ2n) is 7.22. The van der Waals surface area contributed by atoms with E-state index in [0.29, 0.717) is 6.04 Å². The van der Waals surface area contributed by atoms with Crippen LogP contribution in [0.25, 0.3) is 0 Å². The second kappa shape index (κ2) is 5.72. The quantitative estimate of drug-likeness (QED) is 0.928. The zero-order valence-corrected chi connectivity index (χ0v) is 14.7. The summed E-state index contributed by atoms with van der Waals surface area (Å²) in [5.41, 5.74) is 0.521. The highest BCUT2D eigenvalue weighted by atomic mass is 16.5. The van der Waals surface area contributed by atoms with Crippen molar-refractivity contribution < 1.29 is 9.53 Å². The van der Waals surface area contributed by atoms with Crippen LogP contribution in [0, 0.1) is 0 Å². The van der Waals surface area contributed by atoms with Gasteiger partial charge >= 0.3 is 0 Å². The van der Waals surface area contributed by atoms with E-state index in [1.807, 2.05) is 43.0 Å². The summed E-state index contributed by atoms with van der Waals surface area (Å²) in [5.74, 6) is 2.54. The Morgan fingerprint density at radius 1 is 1.24 bits per heavy atom. The van der Waals surface area contributed by atoms with E-state index in [2.05, 4.69) is 15.3 Å². The zero-order chi connectivity index (χ0) is 17.6. The Morgan fingerprint density at radius 2 is 2.04 bits per heavy atom. The Labute approximate surface area is 147 Å². The minimum absolute atomic E-state index is 0.146. The summed E-state index contributed by atoms with van der Waals surface area (Å²) in [5, 5.41) is 3.42. The van der Waals surface area contributed by atoms with E-state index in [0.717, 1.165) is 35.8 Å². The molecule has 25 heavy (non-hydrogen) atoms. The molecule has 130 valence electrons. The number of aromatic nitrogens is 2. The molecule has 0 atom stereocenters. The Bertz CT molecular complexity index is 797. The molecular formula is C19H22N4O2. The number of amides is 1. The second-order valence-corrected chi connectivity index (χ2v) is 7.22. The van der Waals surface area contributed by atoms with Crippen molar-refractivity contribution in [2.45, 2.75) is 44.2 Å². The molecule has 0 radical (unpaired) electrons. The van der Waals surface area contributed by atoms with Crippen molar-refractivity contribution in [3.05, 3.63) is 42.2 Å². The molecule has 6 heteroatoms. The van der Waals surface area contributed by atoms with Gasteiger partial charge in [0.25, 0.3) is 0 Å². The highest BCUT2D eigenvalue weighted by molar-refractivity contribution is 6.07. The highest BCUT2D eigenvalue weighted by Crippen LogP contribution is 2.44. The fourth-order valence-corrected chi connectivity index (χ4v) is 3.64. The van der Waals surface area contributed by atoms with E-state index in [9.17, 15) is 4.79 Å². The number of methoxy groups -OCH3 is 1. The lowest BCUT2D eigenvalue weighted by Crippen LogP contribution is -2.53. The molecule has 1 aliphatic carbocycles. The molecule has 2 aliphatic rings. The fourth-order valence-electron chi connectivity index (χ4n) is 3.64. The molecule has 0 bridgehead atoms. The number of carbonyl (C=O) groups excluding carboxylic acids is 1. The predicted molar refractivity (Wildman–Crippen MR) is 96.0 cm³/mol. The number of nitrogens with zero attached hydrogens (tertiary/aromatic N) is 3. The number of carbonyl (C=O) groups is 1. The molecule has 2 aromatic heterocycles. The van der Waals surface area contributed by atoms with Crippen molar-refractivity contribution in [3.63, 3.8) is 0 Å². The standard InChI is InChI=1S/C19H22N4O2/c1-19(2)15-5-4-8-20-17(15)23(18(19)24)13-9-12(10-13)22-16-7-6-14(25-3)11-21-16/h4-8,11-13H,9-10H2,1-3H3,(H,21,22). The summed E-state index contributed by atoms with van der Waals surface area (Å²) >= 11 is 0. The molecule has 1 aliphatic heterocycles. The molecule has 0 aromatic carbocycles. The van der Waals surface area contributed by atoms with E-state index in [-0.39, 0.29) is 11.9 Å². The van der Waals surface area contributed by atoms with Crippen LogP contribution < -0.4 is 15.0 Å². The van der Waals surface area contributed by atoms with Gasteiger partial charge in [0, 0.05) is 23.8 Å². The van der Waals surface area contributed by atoms with Crippen molar-refractivity contribution in [2.24, 2.45) is 0 Å². The molecule has 6 nitrogen and oxygen atoms in total. The molecule has 1 saturated carbocycles. The Hall–Kier alpha value is -2.63. The largest absolute Gasteiger partial charge is 0.495 e. The van der Waals surface area contributed by atoms with E-state index >= 15 is 0 Å². The minimum Gasteiger partial charge on any atom is -0.495 e. The van der Waals surface area contributed by atoms with Gasteiger partial charge in [0.1, 0.15) is 17.4 Å². The van der Waals surface area contributed by atoms with Crippen LogP contribution in [0.1, 0.15) is 32.3 Å². The SMILES string of the molecule is COc1ccc(NC2CC(N3C(=O)C(C)(C)c4cccnc43)C2)nc1. The minimum atomic E-state index is -0.500. The van der Waals surface area contributed by atoms with Gasteiger partial charge in [-0.15, -0.1) is 0 Å². The van der Waals surface area contributed by atoms with E-state index in [1.165, 1.54) is 0 Å². The van der Waals surface area contributed by atoms with Gasteiger partial charge in [0.15, 0.2) is 0 Å². The molecule has 0 unspecified atom stereocenters. The number of pyridine rings is 2. The van der Waals surface area contributed by atoms with Crippen LogP contribution >= 0.6 is 0 Å². The highest BCUT2D eigenvalue weighted by Gasteiger charge is 2.50. The number of nitrogens with one attached hydrogen (secondary N) is 1. The van der Waals surface area contributed by atoms with Crippen LogP contribution in [0.3, 0.4) is 0 Å². The van der Waals surface area contributed by atoms with Crippen molar-refractivity contribution in [2.75, 3.05) is 17.3 Å². The van der Waals surface area contributed by atoms with Crippen LogP contribution in [-0.4, -0.2) is 35.1 Å². The first-order chi connectivity index (χ1) is 12.0. The Balaban J connectivity index is 1.44. The van der Waals surface area contributed by atoms with Crippen LogP contribution in [0.4, 0.5) is 11.6 Å². The van der Waals surface area contributed by atoms with Crippen molar-refractivity contribution >= 4 is 17.5 Å². The van der Waals surface area contributed by atoms with Crippen LogP contribution in [0.2, 0.25) is 0 Å². The third-order valence-electron chi connectivity index (χ3n) is 5.24. The smallest absolute Gasteiger partial charge is 0.238 e. The van der Waals surface area contributed by atoms with Gasteiger partial charge in [0.05, 0.1) is 18.7 Å². The molecule has 0 saturated heterocycles. The number of rotatable bonds is 4. The number of fused-ring (bicyclic) bond motifs is 1. The maximum absolute atomic E-state index is 12.9. The average Bonchev–Trinajstić information content (AvgIpc) is 2.79. The van der Waals surface area contributed by atoms with Gasteiger partial charge in [-0.3, -0.25) is 9.69 Å². The van der Waals surface area contributed by atoms with Crippen LogP contribution in [0.15, 0.2) is 36.7 Å². The first-order valence-corrected chi connectivity index (χ1v) is 8.56. The van der Waals surface area contributed by atoms with Gasteiger partial charge in [-0.1, -0.05) is 6.07 Å². The molecule has 0 spiro atoms. The van der Waals surface area contributed by atoms with E-state index < -0.39 is 5.41 Å². The van der Waals surface area contributed by atoms with Crippen molar-refractivity contribution in [1.29, 1.82) is 0 Å². The monoisotopic (exact) mass is 338 g/mol. The number of ether oxygens (including phenoxy) is 1. The van der Waals surface area contributed by atoms with Crippen molar-refractivity contribution in [3.8, 4) is 5.75 Å². The molecule has 4 rings (SSSR count). The van der Waals surface area contributed by atoms with Gasteiger partial charge in [-0.05, 0) is 44.9 Å². The lowest BCUT2D eigenvalue weighted by Gasteiger charge is -2.41. The van der Waals surface area contributed by atoms with Gasteiger partial charge in [-0.2, -0.15) is 0 Å². The summed E-state index contributed by atoms with van der Waals surface area (Å²) in [6.07, 6.45) is 5.25. The average molecular weight is 338 g/mol. The lowest BCUT2D eigenvalue weighted by molar-refractivity contribution is -0.122. The first kappa shape index (κ1) is 15.9. The number of hydrogen-bond acceptors (Lipinski definition) is 5. The molecule has 3 heterocycles. The number of hydrogen-bond donors (Lipinski definition) is 1. The molecule has 1 amide bonds. The third-order valence-corrected chi connectivity index (χ3v) is 5.24. The summed E-state index contributed by atoms with van der Waals surface area (Å²) < 4.78 is 5.12. The zero-order valence-electron chi connectivity index (χ0n) is 14.7. The summed E-state index contributed by atoms with van der Waals surface area (Å²) in [4.78, 5) is 23.6. The van der Waals surface area contributed by atoms with Gasteiger partial charge in [-0.25, -0.2) is 9.97 Å². The normalized spacial score (nSPS) is 23.8. The predicted octanol–water partition coefficient (Wildman–Crippen LogP) is 2.75. The first-order valence-electron chi connectivity index (χ1n) is 8.56. The fraction of sp³-hybridized carbons (Fsp3) is 0.421. The Morgan fingerprint density at radius 3 is 2.72 bits per heavy atom. The summed E-state index contributed by atoms with van der Waals surface area (Å²) in [7, 11) is 1.63. The maximum Gasteiger partial charge on any atom is 0.238 e. The third kappa shape index (κ3) is 2.52. The molecular weight excluding hydrogens is 316 g/mol. The van der Waals surface area contributed by atoms with E-state index in [1.54, 1.807) is 19.5 Å². The maximum atomic E-state index is 12.9. The van der Waals surface area contributed by atoms with Crippen LogP contribution in [0.5, 0.6) is 5.75 Å². The molecule has 2 aromatic rings. The Kier molecular flexibility index (Phi) is 3.63.